The quantitative estimate of drug-likeness (QED) is 0.875. The highest BCUT2D eigenvalue weighted by Crippen LogP contribution is 2.24. The van der Waals surface area contributed by atoms with Gasteiger partial charge in [0, 0.05) is 17.7 Å². The van der Waals surface area contributed by atoms with Crippen molar-refractivity contribution in [1.82, 2.24) is 5.32 Å². The Balaban J connectivity index is 1.92. The van der Waals surface area contributed by atoms with Gasteiger partial charge in [-0.25, -0.2) is 8.78 Å². The summed E-state index contributed by atoms with van der Waals surface area (Å²) in [7, 11) is 0. The molecule has 106 valence electrons. The molecule has 0 amide bonds. The van der Waals surface area contributed by atoms with Gasteiger partial charge in [-0.2, -0.15) is 0 Å². The van der Waals surface area contributed by atoms with Crippen LogP contribution in [-0.2, 0) is 6.42 Å². The molecule has 0 aliphatic rings. The topological polar surface area (TPSA) is 32.3 Å². The number of benzene rings is 2. The molecule has 0 bridgehead atoms. The van der Waals surface area contributed by atoms with Gasteiger partial charge in [0.2, 0.25) is 0 Å². The molecule has 2 aromatic carbocycles. The number of phenolic OH excluding ortho intramolecular Hbond substituents is 1. The van der Waals surface area contributed by atoms with Crippen LogP contribution < -0.4 is 5.32 Å². The first-order valence-corrected chi connectivity index (χ1v) is 6.53. The average Bonchev–Trinajstić information content (AvgIpc) is 2.40. The summed E-state index contributed by atoms with van der Waals surface area (Å²) in [6.07, 6.45) is 0.555. The number of hydrogen-bond donors (Lipinski definition) is 2. The summed E-state index contributed by atoms with van der Waals surface area (Å²) in [5.41, 5.74) is 1.27. The summed E-state index contributed by atoms with van der Waals surface area (Å²) in [6, 6.07) is 10.4. The molecule has 0 saturated heterocycles. The van der Waals surface area contributed by atoms with E-state index in [2.05, 4.69) is 5.32 Å². The molecule has 2 N–H and O–H groups in total. The van der Waals surface area contributed by atoms with Crippen molar-refractivity contribution in [2.24, 2.45) is 0 Å². The molecule has 0 heterocycles. The van der Waals surface area contributed by atoms with Gasteiger partial charge in [0.25, 0.3) is 0 Å². The van der Waals surface area contributed by atoms with Gasteiger partial charge in [-0.3, -0.25) is 0 Å². The Morgan fingerprint density at radius 1 is 1.15 bits per heavy atom. The Kier molecular flexibility index (Phi) is 4.69. The lowest BCUT2D eigenvalue weighted by Gasteiger charge is -2.15. The van der Waals surface area contributed by atoms with E-state index >= 15 is 0 Å². The monoisotopic (exact) mass is 277 g/mol. The number of phenols is 1. The summed E-state index contributed by atoms with van der Waals surface area (Å²) >= 11 is 0. The Morgan fingerprint density at radius 2 is 1.90 bits per heavy atom. The van der Waals surface area contributed by atoms with Gasteiger partial charge in [0.15, 0.2) is 0 Å². The van der Waals surface area contributed by atoms with Crippen molar-refractivity contribution < 1.29 is 13.9 Å². The molecule has 0 saturated carbocycles. The molecule has 0 spiro atoms. The van der Waals surface area contributed by atoms with Gasteiger partial charge in [0.1, 0.15) is 17.4 Å². The van der Waals surface area contributed by atoms with Crippen LogP contribution in [0.1, 0.15) is 24.1 Å². The fraction of sp³-hybridized carbons (Fsp3) is 0.250. The van der Waals surface area contributed by atoms with Crippen LogP contribution in [0.4, 0.5) is 8.78 Å². The molecule has 2 aromatic rings. The van der Waals surface area contributed by atoms with Crippen LogP contribution in [0.2, 0.25) is 0 Å². The van der Waals surface area contributed by atoms with E-state index in [1.54, 1.807) is 24.3 Å². The first kappa shape index (κ1) is 14.5. The highest BCUT2D eigenvalue weighted by Gasteiger charge is 2.10. The summed E-state index contributed by atoms with van der Waals surface area (Å²) < 4.78 is 26.3. The van der Waals surface area contributed by atoms with E-state index in [9.17, 15) is 13.9 Å². The molecule has 0 fully saturated rings. The molecular weight excluding hydrogens is 260 g/mol. The van der Waals surface area contributed by atoms with E-state index < -0.39 is 5.82 Å². The Morgan fingerprint density at radius 3 is 2.60 bits per heavy atom. The maximum atomic E-state index is 13.4. The largest absolute Gasteiger partial charge is 0.508 e. The molecule has 2 rings (SSSR count). The molecule has 0 aromatic heterocycles. The van der Waals surface area contributed by atoms with Gasteiger partial charge in [-0.05, 0) is 37.6 Å². The molecular formula is C16H17F2NO. The SMILES string of the molecule is CC(NCCc1ccccc1F)c1ccc(F)cc1O. The summed E-state index contributed by atoms with van der Waals surface area (Å²) in [4.78, 5) is 0. The molecule has 2 nitrogen and oxygen atoms in total. The number of rotatable bonds is 5. The third-order valence-corrected chi connectivity index (χ3v) is 3.26. The summed E-state index contributed by atoms with van der Waals surface area (Å²) in [6.45, 7) is 2.44. The molecule has 20 heavy (non-hydrogen) atoms. The Bertz CT molecular complexity index is 586. The van der Waals surface area contributed by atoms with Gasteiger partial charge in [-0.1, -0.05) is 24.3 Å². The zero-order valence-corrected chi connectivity index (χ0v) is 11.2. The van der Waals surface area contributed by atoms with Crippen LogP contribution in [0.15, 0.2) is 42.5 Å². The summed E-state index contributed by atoms with van der Waals surface area (Å²) in [5.74, 6) is -0.757. The van der Waals surface area contributed by atoms with Crippen molar-refractivity contribution in [2.45, 2.75) is 19.4 Å². The number of nitrogens with one attached hydrogen (secondary N) is 1. The minimum Gasteiger partial charge on any atom is -0.508 e. The van der Waals surface area contributed by atoms with Crippen molar-refractivity contribution in [3.63, 3.8) is 0 Å². The van der Waals surface area contributed by atoms with E-state index in [0.717, 1.165) is 6.07 Å². The number of hydrogen-bond acceptors (Lipinski definition) is 2. The van der Waals surface area contributed by atoms with Crippen LogP contribution in [0.3, 0.4) is 0 Å². The van der Waals surface area contributed by atoms with Gasteiger partial charge in [-0.15, -0.1) is 0 Å². The highest BCUT2D eigenvalue weighted by atomic mass is 19.1. The normalized spacial score (nSPS) is 12.3. The van der Waals surface area contributed by atoms with Gasteiger partial charge in [0.05, 0.1) is 0 Å². The van der Waals surface area contributed by atoms with E-state index in [1.165, 1.54) is 12.1 Å². The lowest BCUT2D eigenvalue weighted by atomic mass is 10.1. The van der Waals surface area contributed by atoms with Gasteiger partial charge >= 0.3 is 0 Å². The minimum absolute atomic E-state index is 0.0732. The first-order chi connectivity index (χ1) is 9.58. The van der Waals surface area contributed by atoms with E-state index in [1.807, 2.05) is 6.92 Å². The smallest absolute Gasteiger partial charge is 0.126 e. The second-order valence-corrected chi connectivity index (χ2v) is 4.72. The minimum atomic E-state index is -0.468. The van der Waals surface area contributed by atoms with Crippen LogP contribution in [-0.4, -0.2) is 11.7 Å². The summed E-state index contributed by atoms with van der Waals surface area (Å²) in [5, 5.41) is 12.9. The Labute approximate surface area is 117 Å². The van der Waals surface area contributed by atoms with Crippen molar-refractivity contribution in [3.05, 3.63) is 65.2 Å². The van der Waals surface area contributed by atoms with Crippen LogP contribution in [0.5, 0.6) is 5.75 Å². The highest BCUT2D eigenvalue weighted by molar-refractivity contribution is 5.34. The van der Waals surface area contributed by atoms with Crippen LogP contribution in [0, 0.1) is 11.6 Å². The Hall–Kier alpha value is -1.94. The third-order valence-electron chi connectivity index (χ3n) is 3.26. The first-order valence-electron chi connectivity index (χ1n) is 6.53. The second-order valence-electron chi connectivity index (χ2n) is 4.72. The van der Waals surface area contributed by atoms with Crippen molar-refractivity contribution >= 4 is 0 Å². The van der Waals surface area contributed by atoms with Gasteiger partial charge < -0.3 is 10.4 Å². The van der Waals surface area contributed by atoms with E-state index in [-0.39, 0.29) is 17.6 Å². The molecule has 1 unspecified atom stereocenters. The van der Waals surface area contributed by atoms with E-state index in [4.69, 9.17) is 0 Å². The standard InChI is InChI=1S/C16H17F2NO/c1-11(14-7-6-13(17)10-16(14)20)19-9-8-12-4-2-3-5-15(12)18/h2-7,10-11,19-20H,8-9H2,1H3. The predicted octanol–water partition coefficient (Wildman–Crippen LogP) is 3.56. The van der Waals surface area contributed by atoms with Crippen LogP contribution >= 0.6 is 0 Å². The lowest BCUT2D eigenvalue weighted by molar-refractivity contribution is 0.447. The maximum Gasteiger partial charge on any atom is 0.126 e. The van der Waals surface area contributed by atoms with Crippen LogP contribution in [0.25, 0.3) is 0 Å². The molecule has 0 aliphatic carbocycles. The van der Waals surface area contributed by atoms with Crippen molar-refractivity contribution in [3.8, 4) is 5.75 Å². The maximum absolute atomic E-state index is 13.4. The molecule has 0 aliphatic heterocycles. The molecule has 1 atom stereocenters. The number of halogens is 2. The molecule has 0 radical (unpaired) electrons. The fourth-order valence-corrected chi connectivity index (χ4v) is 2.12. The average molecular weight is 277 g/mol. The third kappa shape index (κ3) is 3.54. The molecule has 4 heteroatoms. The second kappa shape index (κ2) is 6.48. The van der Waals surface area contributed by atoms with Crippen molar-refractivity contribution in [1.29, 1.82) is 0 Å². The predicted molar refractivity (Wildman–Crippen MR) is 74.6 cm³/mol. The zero-order valence-electron chi connectivity index (χ0n) is 11.2. The zero-order chi connectivity index (χ0) is 14.5. The van der Waals surface area contributed by atoms with E-state index in [0.29, 0.717) is 24.1 Å². The fourth-order valence-electron chi connectivity index (χ4n) is 2.12. The number of aromatic hydroxyl groups is 1. The van der Waals surface area contributed by atoms with Crippen molar-refractivity contribution in [2.75, 3.05) is 6.54 Å². The lowest BCUT2D eigenvalue weighted by Crippen LogP contribution is -2.21.